The number of fused-ring (bicyclic) bond motifs is 2. The summed E-state index contributed by atoms with van der Waals surface area (Å²) < 4.78 is 10.9. The first kappa shape index (κ1) is 21.1. The highest BCUT2D eigenvalue weighted by atomic mass is 16.5. The molecule has 2 N–H and O–H groups in total. The summed E-state index contributed by atoms with van der Waals surface area (Å²) in [6, 6.07) is 24.0. The number of benzene rings is 3. The van der Waals surface area contributed by atoms with Crippen molar-refractivity contribution in [3.8, 4) is 11.5 Å². The van der Waals surface area contributed by atoms with Gasteiger partial charge in [-0.05, 0) is 54.4 Å². The van der Waals surface area contributed by atoms with E-state index in [4.69, 9.17) is 9.47 Å². The van der Waals surface area contributed by atoms with Crippen LogP contribution < -0.4 is 20.1 Å². The van der Waals surface area contributed by atoms with E-state index in [9.17, 15) is 4.79 Å². The topological polar surface area (TPSA) is 59.6 Å². The van der Waals surface area contributed by atoms with Gasteiger partial charge < -0.3 is 20.1 Å². The van der Waals surface area contributed by atoms with Gasteiger partial charge in [0.2, 0.25) is 0 Å². The number of allylic oxidation sites excluding steroid dienone is 1. The number of para-hydroxylation sites is 2. The third-order valence-electron chi connectivity index (χ3n) is 6.43. The van der Waals surface area contributed by atoms with E-state index in [-0.39, 0.29) is 23.7 Å². The molecule has 5 heteroatoms. The summed E-state index contributed by atoms with van der Waals surface area (Å²) in [6.07, 6.45) is 2.69. The Morgan fingerprint density at radius 2 is 1.55 bits per heavy atom. The van der Waals surface area contributed by atoms with E-state index in [0.717, 1.165) is 39.7 Å². The van der Waals surface area contributed by atoms with Gasteiger partial charge in [-0.1, -0.05) is 42.5 Å². The fourth-order valence-corrected chi connectivity index (χ4v) is 4.78. The SMILES string of the molecule is CCOc1ccc(C2Nc3ccccc3NC3=CC(c4ccc(OC)cc4)CC(=O)C32)cc1. The van der Waals surface area contributed by atoms with Crippen molar-refractivity contribution in [2.45, 2.75) is 25.3 Å². The lowest BCUT2D eigenvalue weighted by Crippen LogP contribution is -2.33. The third kappa shape index (κ3) is 4.19. The quantitative estimate of drug-likeness (QED) is 0.515. The van der Waals surface area contributed by atoms with E-state index in [1.165, 1.54) is 0 Å². The maximum Gasteiger partial charge on any atom is 0.145 e. The Labute approximate surface area is 194 Å². The Hall–Kier alpha value is -3.73. The molecular weight excluding hydrogens is 412 g/mol. The van der Waals surface area contributed by atoms with Gasteiger partial charge in [-0.25, -0.2) is 0 Å². The Balaban J connectivity index is 1.55. The minimum absolute atomic E-state index is 0.0217. The van der Waals surface area contributed by atoms with E-state index in [1.54, 1.807) is 7.11 Å². The zero-order chi connectivity index (χ0) is 22.8. The Morgan fingerprint density at radius 1 is 0.879 bits per heavy atom. The van der Waals surface area contributed by atoms with Crippen LogP contribution in [0.4, 0.5) is 11.4 Å². The van der Waals surface area contributed by atoms with Crippen molar-refractivity contribution in [2.75, 3.05) is 24.4 Å². The molecular formula is C28H28N2O3. The van der Waals surface area contributed by atoms with Gasteiger partial charge in [0.15, 0.2) is 0 Å². The number of hydrogen-bond donors (Lipinski definition) is 2. The van der Waals surface area contributed by atoms with Crippen LogP contribution in [0.25, 0.3) is 0 Å². The second kappa shape index (κ2) is 9.02. The molecule has 0 saturated heterocycles. The lowest BCUT2D eigenvalue weighted by Gasteiger charge is -2.32. The minimum atomic E-state index is -0.301. The number of rotatable bonds is 5. The Kier molecular flexibility index (Phi) is 5.78. The second-order valence-corrected chi connectivity index (χ2v) is 8.44. The lowest BCUT2D eigenvalue weighted by atomic mass is 9.76. The summed E-state index contributed by atoms with van der Waals surface area (Å²) in [5, 5.41) is 7.22. The van der Waals surface area contributed by atoms with Crippen LogP contribution in [0.2, 0.25) is 0 Å². The van der Waals surface area contributed by atoms with E-state index < -0.39 is 0 Å². The summed E-state index contributed by atoms with van der Waals surface area (Å²) in [5.41, 5.74) is 5.08. The van der Waals surface area contributed by atoms with Crippen molar-refractivity contribution in [1.29, 1.82) is 0 Å². The molecule has 0 radical (unpaired) electrons. The van der Waals surface area contributed by atoms with E-state index in [0.29, 0.717) is 13.0 Å². The number of carbonyl (C=O) groups excluding carboxylic acids is 1. The zero-order valence-electron chi connectivity index (χ0n) is 18.9. The monoisotopic (exact) mass is 440 g/mol. The first-order chi connectivity index (χ1) is 16.2. The van der Waals surface area contributed by atoms with Crippen molar-refractivity contribution < 1.29 is 14.3 Å². The zero-order valence-corrected chi connectivity index (χ0v) is 18.9. The molecule has 2 aliphatic rings. The maximum atomic E-state index is 13.6. The number of hydrogen-bond acceptors (Lipinski definition) is 5. The van der Waals surface area contributed by atoms with Crippen LogP contribution in [0, 0.1) is 5.92 Å². The Bertz CT molecular complexity index is 1170. The number of carbonyl (C=O) groups is 1. The number of anilines is 2. The number of nitrogens with one attached hydrogen (secondary N) is 2. The van der Waals surface area contributed by atoms with Gasteiger partial charge in [0, 0.05) is 18.0 Å². The summed E-state index contributed by atoms with van der Waals surface area (Å²) in [4.78, 5) is 13.6. The average Bonchev–Trinajstić information content (AvgIpc) is 3.02. The van der Waals surface area contributed by atoms with E-state index in [1.807, 2.05) is 67.6 Å². The highest BCUT2D eigenvalue weighted by molar-refractivity contribution is 5.90. The van der Waals surface area contributed by atoms with Crippen LogP contribution in [0.15, 0.2) is 84.6 Å². The molecule has 3 aromatic carbocycles. The van der Waals surface area contributed by atoms with Crippen molar-refractivity contribution in [2.24, 2.45) is 5.92 Å². The first-order valence-electron chi connectivity index (χ1n) is 11.4. The third-order valence-corrected chi connectivity index (χ3v) is 6.43. The van der Waals surface area contributed by atoms with Gasteiger partial charge in [-0.2, -0.15) is 0 Å². The summed E-state index contributed by atoms with van der Waals surface area (Å²) in [5.74, 6) is 1.59. The smallest absolute Gasteiger partial charge is 0.145 e. The molecule has 0 bridgehead atoms. The maximum absolute atomic E-state index is 13.6. The molecule has 168 valence electrons. The fourth-order valence-electron chi connectivity index (χ4n) is 4.78. The van der Waals surface area contributed by atoms with Crippen LogP contribution in [-0.4, -0.2) is 19.5 Å². The van der Waals surface area contributed by atoms with Crippen molar-refractivity contribution in [3.05, 3.63) is 95.7 Å². The molecule has 1 heterocycles. The van der Waals surface area contributed by atoms with Crippen LogP contribution in [-0.2, 0) is 4.79 Å². The number of ether oxygens (including phenoxy) is 2. The molecule has 0 amide bonds. The van der Waals surface area contributed by atoms with Gasteiger partial charge in [-0.15, -0.1) is 0 Å². The normalized spacial score (nSPS) is 21.5. The van der Waals surface area contributed by atoms with Crippen LogP contribution in [0.5, 0.6) is 11.5 Å². The molecule has 33 heavy (non-hydrogen) atoms. The van der Waals surface area contributed by atoms with Crippen molar-refractivity contribution >= 4 is 17.2 Å². The van der Waals surface area contributed by atoms with Crippen LogP contribution in [0.3, 0.4) is 0 Å². The molecule has 0 aromatic heterocycles. The van der Waals surface area contributed by atoms with Crippen molar-refractivity contribution in [1.82, 2.24) is 0 Å². The van der Waals surface area contributed by atoms with E-state index in [2.05, 4.69) is 28.8 Å². The molecule has 5 nitrogen and oxygen atoms in total. The fraction of sp³-hybridized carbons (Fsp3) is 0.250. The number of Topliss-reactive ketones (excluding diaryl/α,β-unsaturated/α-hetero) is 1. The highest BCUT2D eigenvalue weighted by Crippen LogP contribution is 2.44. The predicted octanol–water partition coefficient (Wildman–Crippen LogP) is 5.93. The minimum Gasteiger partial charge on any atom is -0.497 e. The number of methoxy groups -OCH3 is 1. The summed E-state index contributed by atoms with van der Waals surface area (Å²) in [7, 11) is 1.66. The largest absolute Gasteiger partial charge is 0.497 e. The lowest BCUT2D eigenvalue weighted by molar-refractivity contribution is -0.122. The van der Waals surface area contributed by atoms with Crippen LogP contribution in [0.1, 0.15) is 36.4 Å². The summed E-state index contributed by atoms with van der Waals surface area (Å²) >= 11 is 0. The van der Waals surface area contributed by atoms with Crippen molar-refractivity contribution in [3.63, 3.8) is 0 Å². The molecule has 3 aromatic rings. The van der Waals surface area contributed by atoms with Gasteiger partial charge in [0.1, 0.15) is 17.3 Å². The highest BCUT2D eigenvalue weighted by Gasteiger charge is 2.39. The molecule has 1 aliphatic carbocycles. The van der Waals surface area contributed by atoms with Gasteiger partial charge in [-0.3, -0.25) is 4.79 Å². The second-order valence-electron chi connectivity index (χ2n) is 8.44. The van der Waals surface area contributed by atoms with Crippen LogP contribution >= 0.6 is 0 Å². The first-order valence-corrected chi connectivity index (χ1v) is 11.4. The molecule has 0 fully saturated rings. The standard InChI is InChI=1S/C28H28N2O3/c1-3-33-22-14-10-19(11-15-22)28-27-25(29-23-6-4-5-7-24(23)30-28)16-20(17-26(27)31)18-8-12-21(32-2)13-9-18/h4-16,20,27-30H,3,17H2,1-2H3. The molecule has 0 saturated carbocycles. The Morgan fingerprint density at radius 3 is 2.24 bits per heavy atom. The van der Waals surface area contributed by atoms with Gasteiger partial charge in [0.05, 0.1) is 37.1 Å². The molecule has 0 spiro atoms. The molecule has 5 rings (SSSR count). The molecule has 3 atom stereocenters. The molecule has 1 aliphatic heterocycles. The average molecular weight is 441 g/mol. The van der Waals surface area contributed by atoms with E-state index >= 15 is 0 Å². The van der Waals surface area contributed by atoms with Gasteiger partial charge >= 0.3 is 0 Å². The summed E-state index contributed by atoms with van der Waals surface area (Å²) in [6.45, 7) is 2.60. The number of ketones is 1. The van der Waals surface area contributed by atoms with Gasteiger partial charge in [0.25, 0.3) is 0 Å². The predicted molar refractivity (Wildman–Crippen MR) is 131 cm³/mol. The molecule has 3 unspecified atom stereocenters.